The number of nitrogens with one attached hydrogen (secondary N) is 2. The van der Waals surface area contributed by atoms with Crippen LogP contribution in [0.5, 0.6) is 0 Å². The van der Waals surface area contributed by atoms with Crippen LogP contribution in [0.2, 0.25) is 0 Å². The minimum Gasteiger partial charge on any atom is -0.351 e. The second-order valence-electron chi connectivity index (χ2n) is 9.81. The first-order valence-corrected chi connectivity index (χ1v) is 13.8. The van der Waals surface area contributed by atoms with Crippen molar-refractivity contribution >= 4 is 11.8 Å². The Morgan fingerprint density at radius 3 is 1.44 bits per heavy atom. The van der Waals surface area contributed by atoms with Gasteiger partial charge in [0, 0.05) is 19.0 Å². The van der Waals surface area contributed by atoms with Crippen LogP contribution in [0.15, 0.2) is 60.7 Å². The number of carbonyl (C=O) groups excluding carboxylic acids is 2. The first-order valence-electron chi connectivity index (χ1n) is 13.8. The van der Waals surface area contributed by atoms with Crippen LogP contribution in [0.1, 0.15) is 81.3 Å². The van der Waals surface area contributed by atoms with Crippen molar-refractivity contribution in [3.63, 3.8) is 0 Å². The molecule has 0 bridgehead atoms. The SMILES string of the molecule is NCCCCCCCCCCCCNC(=O)C(F)(F)C(F)(F)C(=O)NCC(c1ccccc1)c1ccccc1. The summed E-state index contributed by atoms with van der Waals surface area (Å²) in [6.45, 7) is 0.223. The van der Waals surface area contributed by atoms with Crippen molar-refractivity contribution in [3.8, 4) is 0 Å². The monoisotopic (exact) mass is 551 g/mol. The highest BCUT2D eigenvalue weighted by Crippen LogP contribution is 2.35. The third kappa shape index (κ3) is 10.3. The van der Waals surface area contributed by atoms with Gasteiger partial charge < -0.3 is 16.4 Å². The van der Waals surface area contributed by atoms with E-state index in [1.807, 2.05) is 10.6 Å². The van der Waals surface area contributed by atoms with Gasteiger partial charge in [0.2, 0.25) is 0 Å². The van der Waals surface area contributed by atoms with Crippen molar-refractivity contribution in [1.29, 1.82) is 0 Å². The Morgan fingerprint density at radius 1 is 0.615 bits per heavy atom. The molecular weight excluding hydrogens is 510 g/mol. The fourth-order valence-electron chi connectivity index (χ4n) is 4.39. The van der Waals surface area contributed by atoms with Gasteiger partial charge in [0.05, 0.1) is 0 Å². The number of halogens is 4. The van der Waals surface area contributed by atoms with E-state index < -0.39 is 29.6 Å². The van der Waals surface area contributed by atoms with Gasteiger partial charge in [-0.1, -0.05) is 112 Å². The lowest BCUT2D eigenvalue weighted by molar-refractivity contribution is -0.211. The maximum absolute atomic E-state index is 14.5. The molecule has 5 nitrogen and oxygen atoms in total. The van der Waals surface area contributed by atoms with E-state index in [1.165, 1.54) is 6.42 Å². The normalized spacial score (nSPS) is 11.9. The molecule has 4 N–H and O–H groups in total. The Hall–Kier alpha value is -2.94. The predicted molar refractivity (Wildman–Crippen MR) is 146 cm³/mol. The van der Waals surface area contributed by atoms with Gasteiger partial charge >= 0.3 is 11.8 Å². The molecule has 0 saturated carbocycles. The summed E-state index contributed by atoms with van der Waals surface area (Å²) in [5.74, 6) is -15.3. The highest BCUT2D eigenvalue weighted by atomic mass is 19.3. The molecule has 0 atom stereocenters. The zero-order valence-corrected chi connectivity index (χ0v) is 22.4. The second kappa shape index (κ2) is 16.9. The topological polar surface area (TPSA) is 84.2 Å². The molecule has 2 rings (SSSR count). The van der Waals surface area contributed by atoms with Crippen molar-refractivity contribution < 1.29 is 27.2 Å². The number of nitrogens with two attached hydrogens (primary N) is 1. The van der Waals surface area contributed by atoms with Gasteiger partial charge in [-0.15, -0.1) is 0 Å². The molecule has 0 radical (unpaired) electrons. The van der Waals surface area contributed by atoms with Gasteiger partial charge in [0.15, 0.2) is 0 Å². The van der Waals surface area contributed by atoms with E-state index in [4.69, 9.17) is 5.73 Å². The summed E-state index contributed by atoms with van der Waals surface area (Å²) < 4.78 is 57.9. The van der Waals surface area contributed by atoms with E-state index in [9.17, 15) is 27.2 Å². The number of hydrogen-bond donors (Lipinski definition) is 3. The quantitative estimate of drug-likeness (QED) is 0.144. The van der Waals surface area contributed by atoms with Crippen LogP contribution in [0.3, 0.4) is 0 Å². The second-order valence-corrected chi connectivity index (χ2v) is 9.81. The van der Waals surface area contributed by atoms with Crippen LogP contribution in [0.4, 0.5) is 17.6 Å². The average molecular weight is 552 g/mol. The largest absolute Gasteiger partial charge is 0.395 e. The average Bonchev–Trinajstić information content (AvgIpc) is 2.94. The van der Waals surface area contributed by atoms with Crippen LogP contribution in [0.25, 0.3) is 0 Å². The summed E-state index contributed by atoms with van der Waals surface area (Å²) in [7, 11) is 0. The molecule has 2 aromatic rings. The Morgan fingerprint density at radius 2 is 1.00 bits per heavy atom. The third-order valence-electron chi connectivity index (χ3n) is 6.75. The summed E-state index contributed by atoms with van der Waals surface area (Å²) in [6, 6.07) is 17.6. The van der Waals surface area contributed by atoms with Crippen LogP contribution in [0, 0.1) is 0 Å². The summed E-state index contributed by atoms with van der Waals surface area (Å²) in [5.41, 5.74) is 6.91. The first-order chi connectivity index (χ1) is 18.7. The van der Waals surface area contributed by atoms with Crippen molar-refractivity contribution in [3.05, 3.63) is 71.8 Å². The Kier molecular flexibility index (Phi) is 14.0. The summed E-state index contributed by atoms with van der Waals surface area (Å²) in [4.78, 5) is 24.2. The van der Waals surface area contributed by atoms with Crippen molar-refractivity contribution in [2.75, 3.05) is 19.6 Å². The molecule has 216 valence electrons. The number of carbonyl (C=O) groups is 2. The number of benzene rings is 2. The smallest absolute Gasteiger partial charge is 0.351 e. The van der Waals surface area contributed by atoms with Crippen LogP contribution < -0.4 is 16.4 Å². The predicted octanol–water partition coefficient (Wildman–Crippen LogP) is 6.18. The molecule has 9 heteroatoms. The zero-order valence-electron chi connectivity index (χ0n) is 22.4. The minimum atomic E-state index is -5.21. The number of alkyl halides is 4. The molecule has 0 spiro atoms. The van der Waals surface area contributed by atoms with Gasteiger partial charge in [0.25, 0.3) is 11.8 Å². The molecule has 0 aliphatic carbocycles. The standard InChI is InChI=1S/C30H41F4N3O2/c31-29(32,27(38)36-22-16-8-6-4-2-1-3-5-7-15-21-35)30(33,34)28(39)37-23-26(24-17-11-9-12-18-24)25-19-13-10-14-20-25/h9-14,17-20,26H,1-8,15-16,21-23,35H2,(H,36,38)(H,37,39). The molecule has 0 aliphatic rings. The molecule has 2 aromatic carbocycles. The van der Waals surface area contributed by atoms with Crippen LogP contribution in [-0.4, -0.2) is 43.3 Å². The maximum Gasteiger partial charge on any atom is 0.395 e. The molecule has 0 saturated heterocycles. The van der Waals surface area contributed by atoms with Crippen molar-refractivity contribution in [2.24, 2.45) is 5.73 Å². The molecule has 2 amide bonds. The highest BCUT2D eigenvalue weighted by molar-refractivity contribution is 5.95. The van der Waals surface area contributed by atoms with E-state index >= 15 is 0 Å². The number of rotatable bonds is 19. The number of unbranched alkanes of at least 4 members (excludes halogenated alkanes) is 9. The zero-order chi connectivity index (χ0) is 28.6. The maximum atomic E-state index is 14.5. The molecule has 0 aliphatic heterocycles. The molecule has 0 unspecified atom stereocenters. The third-order valence-corrected chi connectivity index (χ3v) is 6.75. The number of hydrogen-bond acceptors (Lipinski definition) is 3. The highest BCUT2D eigenvalue weighted by Gasteiger charge is 2.66. The van der Waals surface area contributed by atoms with Crippen LogP contribution >= 0.6 is 0 Å². The molecule has 39 heavy (non-hydrogen) atoms. The van der Waals surface area contributed by atoms with Gasteiger partial charge in [-0.2, -0.15) is 17.6 Å². The first kappa shape index (κ1) is 32.3. The summed E-state index contributed by atoms with van der Waals surface area (Å²) >= 11 is 0. The van der Waals surface area contributed by atoms with Gasteiger partial charge in [-0.25, -0.2) is 0 Å². The fourth-order valence-corrected chi connectivity index (χ4v) is 4.39. The van der Waals surface area contributed by atoms with Crippen molar-refractivity contribution in [2.45, 2.75) is 82.0 Å². The van der Waals surface area contributed by atoms with Gasteiger partial charge in [-0.05, 0) is 30.5 Å². The van der Waals surface area contributed by atoms with Crippen molar-refractivity contribution in [1.82, 2.24) is 10.6 Å². The van der Waals surface area contributed by atoms with Gasteiger partial charge in [-0.3, -0.25) is 9.59 Å². The van der Waals surface area contributed by atoms with E-state index in [0.29, 0.717) is 12.8 Å². The molecule has 0 aromatic heterocycles. The van der Waals surface area contributed by atoms with Gasteiger partial charge in [0.1, 0.15) is 0 Å². The van der Waals surface area contributed by atoms with E-state index in [0.717, 1.165) is 62.6 Å². The Labute approximate surface area is 228 Å². The fraction of sp³-hybridized carbons (Fsp3) is 0.533. The van der Waals surface area contributed by atoms with E-state index in [-0.39, 0.29) is 13.1 Å². The molecule has 0 fully saturated rings. The number of amides is 2. The minimum absolute atomic E-state index is 0.157. The lowest BCUT2D eigenvalue weighted by Crippen LogP contribution is -2.59. The Bertz CT molecular complexity index is 935. The molecular formula is C30H41F4N3O2. The molecule has 0 heterocycles. The lowest BCUT2D eigenvalue weighted by Gasteiger charge is -2.26. The van der Waals surface area contributed by atoms with E-state index in [2.05, 4.69) is 0 Å². The van der Waals surface area contributed by atoms with E-state index in [1.54, 1.807) is 60.7 Å². The van der Waals surface area contributed by atoms with Crippen LogP contribution in [-0.2, 0) is 9.59 Å². The Balaban J connectivity index is 1.79. The summed E-state index contributed by atoms with van der Waals surface area (Å²) in [5, 5.41) is 3.81. The lowest BCUT2D eigenvalue weighted by atomic mass is 9.91. The summed E-state index contributed by atoms with van der Waals surface area (Å²) in [6.07, 6.45) is 9.67.